The van der Waals surface area contributed by atoms with E-state index in [1.165, 1.54) is 18.2 Å². The Bertz CT molecular complexity index is 988. The van der Waals surface area contributed by atoms with E-state index in [0.717, 1.165) is 16.3 Å². The third-order valence-corrected chi connectivity index (χ3v) is 4.66. The number of amides is 1. The summed E-state index contributed by atoms with van der Waals surface area (Å²) in [6, 6.07) is 11.7. The molecular formula is C20H16ClFN2O2S. The van der Waals surface area contributed by atoms with Crippen LogP contribution in [0.5, 0.6) is 5.75 Å². The van der Waals surface area contributed by atoms with Crippen LogP contribution in [-0.2, 0) is 11.4 Å². The normalized spacial score (nSPS) is 10.9. The molecule has 0 atom stereocenters. The quantitative estimate of drug-likeness (QED) is 0.556. The number of halogens is 2. The van der Waals surface area contributed by atoms with Crippen molar-refractivity contribution in [3.05, 3.63) is 81.0 Å². The molecule has 7 heteroatoms. The molecule has 1 amide bonds. The standard InChI is InChI=1S/C20H16ClFN2O2S/c1-13-23-15(12-27-13)11-26-16-5-2-4-14(10-16)8-9-19(25)24-18-7-3-6-17(21)20(18)22/h2-10,12H,11H2,1H3,(H,24,25)/b9-8+. The molecule has 27 heavy (non-hydrogen) atoms. The van der Waals surface area contributed by atoms with Crippen LogP contribution in [-0.4, -0.2) is 10.9 Å². The maximum atomic E-state index is 13.8. The van der Waals surface area contributed by atoms with Crippen LogP contribution in [0.15, 0.2) is 53.9 Å². The van der Waals surface area contributed by atoms with Gasteiger partial charge in [0.15, 0.2) is 5.82 Å². The summed E-state index contributed by atoms with van der Waals surface area (Å²) in [7, 11) is 0. The zero-order valence-electron chi connectivity index (χ0n) is 14.4. The summed E-state index contributed by atoms with van der Waals surface area (Å²) in [4.78, 5) is 16.3. The number of hydrogen-bond donors (Lipinski definition) is 1. The number of nitrogens with zero attached hydrogens (tertiary/aromatic N) is 1. The Labute approximate surface area is 165 Å². The summed E-state index contributed by atoms with van der Waals surface area (Å²) in [5.74, 6) is -0.446. The minimum atomic E-state index is -0.659. The van der Waals surface area contributed by atoms with Gasteiger partial charge in [0.1, 0.15) is 12.4 Å². The van der Waals surface area contributed by atoms with Crippen LogP contribution in [0, 0.1) is 12.7 Å². The van der Waals surface area contributed by atoms with E-state index in [0.29, 0.717) is 12.4 Å². The summed E-state index contributed by atoms with van der Waals surface area (Å²) in [5, 5.41) is 5.37. The zero-order chi connectivity index (χ0) is 19.2. The fourth-order valence-electron chi connectivity index (χ4n) is 2.29. The smallest absolute Gasteiger partial charge is 0.248 e. The molecule has 1 heterocycles. The van der Waals surface area contributed by atoms with E-state index in [1.807, 2.05) is 36.6 Å². The lowest BCUT2D eigenvalue weighted by molar-refractivity contribution is -0.111. The second-order valence-electron chi connectivity index (χ2n) is 5.64. The van der Waals surface area contributed by atoms with Crippen LogP contribution in [0.3, 0.4) is 0 Å². The molecular weight excluding hydrogens is 387 g/mol. The molecule has 4 nitrogen and oxygen atoms in total. The van der Waals surface area contributed by atoms with Gasteiger partial charge < -0.3 is 10.1 Å². The van der Waals surface area contributed by atoms with Crippen molar-refractivity contribution in [2.24, 2.45) is 0 Å². The first-order chi connectivity index (χ1) is 13.0. The Balaban J connectivity index is 1.61. The maximum absolute atomic E-state index is 13.8. The molecule has 0 spiro atoms. The van der Waals surface area contributed by atoms with Crippen LogP contribution in [0.2, 0.25) is 5.02 Å². The van der Waals surface area contributed by atoms with Crippen LogP contribution >= 0.6 is 22.9 Å². The average molecular weight is 403 g/mol. The molecule has 0 saturated heterocycles. The Morgan fingerprint density at radius 2 is 2.15 bits per heavy atom. The molecule has 1 N–H and O–H groups in total. The number of aromatic nitrogens is 1. The number of aryl methyl sites for hydroxylation is 1. The number of carbonyl (C=O) groups is 1. The van der Waals surface area contributed by atoms with Crippen LogP contribution in [0.4, 0.5) is 10.1 Å². The number of benzene rings is 2. The van der Waals surface area contributed by atoms with Gasteiger partial charge in [-0.25, -0.2) is 9.37 Å². The lowest BCUT2D eigenvalue weighted by Gasteiger charge is -2.06. The highest BCUT2D eigenvalue weighted by Gasteiger charge is 2.07. The molecule has 3 rings (SSSR count). The topological polar surface area (TPSA) is 51.2 Å². The van der Waals surface area contributed by atoms with E-state index in [-0.39, 0.29) is 10.7 Å². The number of anilines is 1. The summed E-state index contributed by atoms with van der Waals surface area (Å²) in [5.41, 5.74) is 1.69. The van der Waals surface area contributed by atoms with Crippen LogP contribution in [0.25, 0.3) is 6.08 Å². The maximum Gasteiger partial charge on any atom is 0.248 e. The molecule has 0 unspecified atom stereocenters. The second-order valence-corrected chi connectivity index (χ2v) is 7.11. The molecule has 0 saturated carbocycles. The highest BCUT2D eigenvalue weighted by molar-refractivity contribution is 7.09. The Morgan fingerprint density at radius 1 is 1.33 bits per heavy atom. The fraction of sp³-hybridized carbons (Fsp3) is 0.100. The highest BCUT2D eigenvalue weighted by Crippen LogP contribution is 2.22. The van der Waals surface area contributed by atoms with Crippen molar-refractivity contribution >= 4 is 40.6 Å². The van der Waals surface area contributed by atoms with Crippen molar-refractivity contribution in [1.82, 2.24) is 4.98 Å². The summed E-state index contributed by atoms with van der Waals surface area (Å²) < 4.78 is 19.5. The highest BCUT2D eigenvalue weighted by atomic mass is 35.5. The van der Waals surface area contributed by atoms with Gasteiger partial charge >= 0.3 is 0 Å². The third kappa shape index (κ3) is 5.39. The largest absolute Gasteiger partial charge is 0.487 e. The predicted molar refractivity (Wildman–Crippen MR) is 107 cm³/mol. The minimum absolute atomic E-state index is 0.0350. The van der Waals surface area contributed by atoms with Gasteiger partial charge in [-0.05, 0) is 42.8 Å². The fourth-order valence-corrected chi connectivity index (χ4v) is 3.06. The molecule has 0 aliphatic heterocycles. The summed E-state index contributed by atoms with van der Waals surface area (Å²) in [6.45, 7) is 2.33. The van der Waals surface area contributed by atoms with Crippen molar-refractivity contribution in [1.29, 1.82) is 0 Å². The lowest BCUT2D eigenvalue weighted by atomic mass is 10.2. The monoisotopic (exact) mass is 402 g/mol. The van der Waals surface area contributed by atoms with Crippen molar-refractivity contribution in [2.75, 3.05) is 5.32 Å². The number of thiazole rings is 1. The van der Waals surface area contributed by atoms with E-state index >= 15 is 0 Å². The van der Waals surface area contributed by atoms with Gasteiger partial charge in [-0.3, -0.25) is 4.79 Å². The van der Waals surface area contributed by atoms with E-state index in [9.17, 15) is 9.18 Å². The molecule has 138 valence electrons. The van der Waals surface area contributed by atoms with Crippen LogP contribution < -0.4 is 10.1 Å². The zero-order valence-corrected chi connectivity index (χ0v) is 16.0. The van der Waals surface area contributed by atoms with Crippen molar-refractivity contribution < 1.29 is 13.9 Å². The Hall–Kier alpha value is -2.70. The number of rotatable bonds is 6. The molecule has 0 aliphatic carbocycles. The van der Waals surface area contributed by atoms with Gasteiger partial charge in [0.05, 0.1) is 21.4 Å². The SMILES string of the molecule is Cc1nc(COc2cccc(/C=C/C(=O)Nc3cccc(Cl)c3F)c2)cs1. The predicted octanol–water partition coefficient (Wildman–Crippen LogP) is 5.47. The van der Waals surface area contributed by atoms with Gasteiger partial charge in [0.25, 0.3) is 0 Å². The molecule has 1 aromatic heterocycles. The number of carbonyl (C=O) groups excluding carboxylic acids is 1. The molecule has 0 aliphatic rings. The van der Waals surface area contributed by atoms with E-state index in [2.05, 4.69) is 10.3 Å². The van der Waals surface area contributed by atoms with Gasteiger partial charge in [-0.1, -0.05) is 29.8 Å². The first-order valence-electron chi connectivity index (χ1n) is 8.08. The summed E-state index contributed by atoms with van der Waals surface area (Å²) in [6.07, 6.45) is 2.95. The van der Waals surface area contributed by atoms with Gasteiger partial charge in [-0.15, -0.1) is 11.3 Å². The van der Waals surface area contributed by atoms with E-state index in [1.54, 1.807) is 23.5 Å². The lowest BCUT2D eigenvalue weighted by Crippen LogP contribution is -2.09. The molecule has 0 fully saturated rings. The summed E-state index contributed by atoms with van der Waals surface area (Å²) >= 11 is 7.28. The second kappa shape index (κ2) is 8.79. The van der Waals surface area contributed by atoms with Crippen molar-refractivity contribution in [2.45, 2.75) is 13.5 Å². The number of nitrogens with one attached hydrogen (secondary N) is 1. The molecule has 3 aromatic rings. The first kappa shape index (κ1) is 19.1. The Kier molecular flexibility index (Phi) is 6.21. The molecule has 0 bridgehead atoms. The van der Waals surface area contributed by atoms with E-state index < -0.39 is 11.7 Å². The molecule has 0 radical (unpaired) electrons. The third-order valence-electron chi connectivity index (χ3n) is 3.55. The molecule has 2 aromatic carbocycles. The minimum Gasteiger partial charge on any atom is -0.487 e. The van der Waals surface area contributed by atoms with Gasteiger partial charge in [-0.2, -0.15) is 0 Å². The average Bonchev–Trinajstić information content (AvgIpc) is 3.08. The van der Waals surface area contributed by atoms with Gasteiger partial charge in [0.2, 0.25) is 5.91 Å². The van der Waals surface area contributed by atoms with E-state index in [4.69, 9.17) is 16.3 Å². The number of hydrogen-bond acceptors (Lipinski definition) is 4. The van der Waals surface area contributed by atoms with Crippen molar-refractivity contribution in [3.63, 3.8) is 0 Å². The van der Waals surface area contributed by atoms with Crippen LogP contribution in [0.1, 0.15) is 16.3 Å². The Morgan fingerprint density at radius 3 is 2.93 bits per heavy atom. The van der Waals surface area contributed by atoms with Crippen molar-refractivity contribution in [3.8, 4) is 5.75 Å². The van der Waals surface area contributed by atoms with Gasteiger partial charge in [0, 0.05) is 11.5 Å². The first-order valence-corrected chi connectivity index (χ1v) is 9.34. The number of ether oxygens (including phenoxy) is 1.